The van der Waals surface area contributed by atoms with Crippen LogP contribution >= 0.6 is 0 Å². The number of carboxylic acids is 1. The summed E-state index contributed by atoms with van der Waals surface area (Å²) in [5.41, 5.74) is 0.792. The Balaban J connectivity index is 2.11. The first-order valence-corrected chi connectivity index (χ1v) is 8.59. The normalized spacial score (nSPS) is 11.9. The molecule has 1 heterocycles. The van der Waals surface area contributed by atoms with Gasteiger partial charge in [0.2, 0.25) is 5.82 Å². The largest absolute Gasteiger partial charge is 0.481 e. The second kappa shape index (κ2) is 9.67. The van der Waals surface area contributed by atoms with E-state index < -0.39 is 11.9 Å². The number of amides is 1. The van der Waals surface area contributed by atoms with Crippen LogP contribution in [0.3, 0.4) is 0 Å². The van der Waals surface area contributed by atoms with Crippen LogP contribution in [0.2, 0.25) is 0 Å². The van der Waals surface area contributed by atoms with Gasteiger partial charge in [-0.3, -0.25) is 9.59 Å². The average Bonchev–Trinajstić information content (AvgIpc) is 3.14. The summed E-state index contributed by atoms with van der Waals surface area (Å²) in [6, 6.07) is 9.34. The van der Waals surface area contributed by atoms with E-state index in [1.807, 2.05) is 37.3 Å². The number of hydrogen-bond donors (Lipinski definition) is 1. The van der Waals surface area contributed by atoms with Gasteiger partial charge >= 0.3 is 5.97 Å². The quantitative estimate of drug-likeness (QED) is 0.650. The smallest absolute Gasteiger partial charge is 0.308 e. The van der Waals surface area contributed by atoms with Crippen molar-refractivity contribution in [1.29, 1.82) is 0 Å². The Morgan fingerprint density at radius 2 is 2.04 bits per heavy atom. The number of rotatable bonds is 10. The van der Waals surface area contributed by atoms with Gasteiger partial charge in [-0.15, -0.1) is 5.10 Å². The van der Waals surface area contributed by atoms with Crippen molar-refractivity contribution < 1.29 is 19.4 Å². The molecular formula is C18H24N4O4. The summed E-state index contributed by atoms with van der Waals surface area (Å²) in [6.07, 6.45) is 2.09. The monoisotopic (exact) mass is 360 g/mol. The molecule has 1 atom stereocenters. The number of aliphatic carboxylic acids is 1. The zero-order valence-electron chi connectivity index (χ0n) is 15.0. The van der Waals surface area contributed by atoms with Crippen molar-refractivity contribution in [3.63, 3.8) is 0 Å². The maximum Gasteiger partial charge on any atom is 0.308 e. The summed E-state index contributed by atoms with van der Waals surface area (Å²) in [6.45, 7) is 5.06. The lowest BCUT2D eigenvalue weighted by molar-refractivity contribution is -0.141. The minimum Gasteiger partial charge on any atom is -0.481 e. The Morgan fingerprint density at radius 3 is 2.69 bits per heavy atom. The van der Waals surface area contributed by atoms with E-state index in [1.165, 1.54) is 15.9 Å². The van der Waals surface area contributed by atoms with Crippen LogP contribution in [-0.2, 0) is 9.53 Å². The third-order valence-corrected chi connectivity index (χ3v) is 3.83. The van der Waals surface area contributed by atoms with Gasteiger partial charge in [-0.05, 0) is 25.5 Å². The number of carboxylic acid groups (broad SMARTS) is 1. The molecule has 1 aromatic carbocycles. The standard InChI is InChI=1S/C18H24N4O4/c1-3-26-11-7-10-21(12-14(2)18(24)25)17(23)16-19-13-22(20-16)15-8-5-4-6-9-15/h4-6,8-9,13-14H,3,7,10-12H2,1-2H3,(H,24,25). The zero-order valence-corrected chi connectivity index (χ0v) is 15.0. The summed E-state index contributed by atoms with van der Waals surface area (Å²) in [4.78, 5) is 29.5. The van der Waals surface area contributed by atoms with Crippen molar-refractivity contribution in [2.75, 3.05) is 26.3 Å². The van der Waals surface area contributed by atoms with Crippen molar-refractivity contribution in [1.82, 2.24) is 19.7 Å². The Labute approximate surface area is 152 Å². The topological polar surface area (TPSA) is 97.5 Å². The molecule has 0 saturated heterocycles. The maximum atomic E-state index is 12.8. The number of benzene rings is 1. The third-order valence-electron chi connectivity index (χ3n) is 3.83. The van der Waals surface area contributed by atoms with E-state index in [0.29, 0.717) is 26.2 Å². The third kappa shape index (κ3) is 5.38. The summed E-state index contributed by atoms with van der Waals surface area (Å²) >= 11 is 0. The molecule has 0 radical (unpaired) electrons. The van der Waals surface area contributed by atoms with Crippen LogP contribution in [0.1, 0.15) is 30.9 Å². The van der Waals surface area contributed by atoms with Gasteiger partial charge in [0, 0.05) is 26.3 Å². The van der Waals surface area contributed by atoms with Gasteiger partial charge in [0.15, 0.2) is 0 Å². The summed E-state index contributed by atoms with van der Waals surface area (Å²) in [7, 11) is 0. The summed E-state index contributed by atoms with van der Waals surface area (Å²) < 4.78 is 6.81. The zero-order chi connectivity index (χ0) is 18.9. The van der Waals surface area contributed by atoms with E-state index in [0.717, 1.165) is 5.69 Å². The number of carbonyl (C=O) groups excluding carboxylic acids is 1. The molecule has 0 spiro atoms. The Bertz CT molecular complexity index is 717. The van der Waals surface area contributed by atoms with Crippen LogP contribution < -0.4 is 0 Å². The van der Waals surface area contributed by atoms with Crippen molar-refractivity contribution in [3.05, 3.63) is 42.5 Å². The number of nitrogens with zero attached hydrogens (tertiary/aromatic N) is 4. The van der Waals surface area contributed by atoms with E-state index in [4.69, 9.17) is 9.84 Å². The predicted octanol–water partition coefficient (Wildman–Crippen LogP) is 1.86. The fraction of sp³-hybridized carbons (Fsp3) is 0.444. The van der Waals surface area contributed by atoms with Crippen molar-refractivity contribution in [3.8, 4) is 5.69 Å². The van der Waals surface area contributed by atoms with E-state index in [1.54, 1.807) is 6.92 Å². The van der Waals surface area contributed by atoms with Gasteiger partial charge in [-0.2, -0.15) is 0 Å². The highest BCUT2D eigenvalue weighted by Crippen LogP contribution is 2.09. The molecule has 1 aromatic heterocycles. The molecule has 1 N–H and O–H groups in total. The number of ether oxygens (including phenoxy) is 1. The molecule has 0 aliphatic rings. The molecule has 2 aromatic rings. The Morgan fingerprint density at radius 1 is 1.31 bits per heavy atom. The first-order chi connectivity index (χ1) is 12.5. The average molecular weight is 360 g/mol. The van der Waals surface area contributed by atoms with Crippen LogP contribution in [0, 0.1) is 5.92 Å². The fourth-order valence-corrected chi connectivity index (χ4v) is 2.39. The first-order valence-electron chi connectivity index (χ1n) is 8.59. The lowest BCUT2D eigenvalue weighted by Crippen LogP contribution is -2.38. The number of hydrogen-bond acceptors (Lipinski definition) is 5. The van der Waals surface area contributed by atoms with Gasteiger partial charge in [0.1, 0.15) is 6.33 Å². The molecule has 26 heavy (non-hydrogen) atoms. The van der Waals surface area contributed by atoms with Crippen molar-refractivity contribution in [2.45, 2.75) is 20.3 Å². The van der Waals surface area contributed by atoms with Crippen LogP contribution in [0.4, 0.5) is 0 Å². The molecule has 0 fully saturated rings. The number of para-hydroxylation sites is 1. The Hall–Kier alpha value is -2.74. The molecule has 0 aliphatic heterocycles. The molecule has 140 valence electrons. The van der Waals surface area contributed by atoms with Gasteiger partial charge in [-0.1, -0.05) is 25.1 Å². The highest BCUT2D eigenvalue weighted by molar-refractivity contribution is 5.90. The second-order valence-electron chi connectivity index (χ2n) is 5.89. The maximum absolute atomic E-state index is 12.8. The fourth-order valence-electron chi connectivity index (χ4n) is 2.39. The SMILES string of the molecule is CCOCCCN(CC(C)C(=O)O)C(=O)c1ncn(-c2ccccc2)n1. The number of aromatic nitrogens is 3. The van der Waals surface area contributed by atoms with Gasteiger partial charge in [-0.25, -0.2) is 9.67 Å². The molecular weight excluding hydrogens is 336 g/mol. The summed E-state index contributed by atoms with van der Waals surface area (Å²) in [5, 5.41) is 13.4. The number of carbonyl (C=O) groups is 2. The minimum atomic E-state index is -0.949. The van der Waals surface area contributed by atoms with Crippen LogP contribution in [0.25, 0.3) is 5.69 Å². The van der Waals surface area contributed by atoms with Gasteiger partial charge in [0.25, 0.3) is 5.91 Å². The first kappa shape index (κ1) is 19.6. The second-order valence-corrected chi connectivity index (χ2v) is 5.89. The van der Waals surface area contributed by atoms with Crippen LogP contribution in [0.5, 0.6) is 0 Å². The van der Waals surface area contributed by atoms with Crippen molar-refractivity contribution >= 4 is 11.9 Å². The van der Waals surface area contributed by atoms with Gasteiger partial charge in [0.05, 0.1) is 11.6 Å². The molecule has 2 rings (SSSR count). The summed E-state index contributed by atoms with van der Waals surface area (Å²) in [5.74, 6) is -1.97. The lowest BCUT2D eigenvalue weighted by atomic mass is 10.1. The highest BCUT2D eigenvalue weighted by Gasteiger charge is 2.24. The van der Waals surface area contributed by atoms with Crippen LogP contribution in [-0.4, -0.2) is 63.0 Å². The molecule has 1 unspecified atom stereocenters. The van der Waals surface area contributed by atoms with E-state index in [2.05, 4.69) is 10.1 Å². The minimum absolute atomic E-state index is 0.0443. The molecule has 0 aliphatic carbocycles. The molecule has 1 amide bonds. The molecule has 8 nitrogen and oxygen atoms in total. The molecule has 0 bridgehead atoms. The highest BCUT2D eigenvalue weighted by atomic mass is 16.5. The van der Waals surface area contributed by atoms with Crippen molar-refractivity contribution in [2.24, 2.45) is 5.92 Å². The lowest BCUT2D eigenvalue weighted by Gasteiger charge is -2.23. The predicted molar refractivity (Wildman–Crippen MR) is 95.2 cm³/mol. The van der Waals surface area contributed by atoms with Crippen LogP contribution in [0.15, 0.2) is 36.7 Å². The van der Waals surface area contributed by atoms with E-state index in [9.17, 15) is 9.59 Å². The molecule has 8 heteroatoms. The molecule has 0 saturated carbocycles. The van der Waals surface area contributed by atoms with E-state index in [-0.39, 0.29) is 18.3 Å². The van der Waals surface area contributed by atoms with E-state index >= 15 is 0 Å². The Kier molecular flexibility index (Phi) is 7.28. The van der Waals surface area contributed by atoms with Gasteiger partial charge < -0.3 is 14.7 Å².